The van der Waals surface area contributed by atoms with E-state index < -0.39 is 0 Å². The molecule has 1 heterocycles. The van der Waals surface area contributed by atoms with Crippen molar-refractivity contribution in [1.29, 1.82) is 0 Å². The molecule has 1 aromatic carbocycles. The number of benzene rings is 1. The highest BCUT2D eigenvalue weighted by molar-refractivity contribution is 5.55. The number of methoxy groups -OCH3 is 3. The van der Waals surface area contributed by atoms with Gasteiger partial charge in [-0.2, -0.15) is 0 Å². The van der Waals surface area contributed by atoms with E-state index in [9.17, 15) is 0 Å². The van der Waals surface area contributed by atoms with E-state index >= 15 is 0 Å². The van der Waals surface area contributed by atoms with E-state index in [-0.39, 0.29) is 0 Å². The van der Waals surface area contributed by atoms with Gasteiger partial charge in [0, 0.05) is 44.8 Å². The number of nitrogens with zero attached hydrogens (tertiary/aromatic N) is 2. The van der Waals surface area contributed by atoms with Crippen LogP contribution in [0.25, 0.3) is 0 Å². The molecule has 0 amide bonds. The lowest BCUT2D eigenvalue weighted by Crippen LogP contribution is -2.46. The molecule has 3 rings (SSSR count). The van der Waals surface area contributed by atoms with Gasteiger partial charge >= 0.3 is 0 Å². The van der Waals surface area contributed by atoms with Gasteiger partial charge in [0.2, 0.25) is 5.75 Å². The van der Waals surface area contributed by atoms with Crippen molar-refractivity contribution in [2.75, 3.05) is 54.1 Å². The van der Waals surface area contributed by atoms with Gasteiger partial charge in [-0.25, -0.2) is 0 Å². The Kier molecular flexibility index (Phi) is 5.28. The Balaban J connectivity index is 1.63. The van der Waals surface area contributed by atoms with Crippen molar-refractivity contribution in [3.63, 3.8) is 0 Å². The van der Waals surface area contributed by atoms with Crippen LogP contribution in [0.3, 0.4) is 0 Å². The van der Waals surface area contributed by atoms with Crippen LogP contribution in [0.5, 0.6) is 17.2 Å². The minimum atomic E-state index is 0.676. The molecule has 23 heavy (non-hydrogen) atoms. The first-order valence-electron chi connectivity index (χ1n) is 8.31. The van der Waals surface area contributed by atoms with E-state index in [4.69, 9.17) is 14.2 Å². The largest absolute Gasteiger partial charge is 0.493 e. The first-order valence-corrected chi connectivity index (χ1v) is 8.31. The molecule has 2 aliphatic rings. The van der Waals surface area contributed by atoms with Crippen LogP contribution >= 0.6 is 0 Å². The summed E-state index contributed by atoms with van der Waals surface area (Å²) in [4.78, 5) is 5.06. The highest BCUT2D eigenvalue weighted by Gasteiger charge is 2.27. The quantitative estimate of drug-likeness (QED) is 0.768. The Morgan fingerprint density at radius 2 is 1.57 bits per heavy atom. The molecular weight excluding hydrogens is 292 g/mol. The molecule has 1 aliphatic heterocycles. The van der Waals surface area contributed by atoms with Crippen LogP contribution in [0, 0.1) is 12.3 Å². The second-order valence-electron chi connectivity index (χ2n) is 6.30. The number of rotatable bonds is 7. The Morgan fingerprint density at radius 3 is 2.13 bits per heavy atom. The molecule has 0 spiro atoms. The summed E-state index contributed by atoms with van der Waals surface area (Å²) in [6.07, 6.45) is 3.71. The van der Waals surface area contributed by atoms with E-state index in [2.05, 4.69) is 22.3 Å². The van der Waals surface area contributed by atoms with Crippen LogP contribution in [-0.4, -0.2) is 63.9 Å². The first-order chi connectivity index (χ1) is 11.2. The third-order valence-corrected chi connectivity index (χ3v) is 4.71. The normalized spacial score (nSPS) is 19.6. The van der Waals surface area contributed by atoms with Crippen molar-refractivity contribution in [2.45, 2.75) is 13.0 Å². The lowest BCUT2D eigenvalue weighted by Gasteiger charge is -2.35. The molecular formula is C18H27N2O3. The molecule has 0 N–H and O–H groups in total. The molecule has 1 atom stereocenters. The van der Waals surface area contributed by atoms with Gasteiger partial charge in [-0.05, 0) is 24.8 Å². The predicted octanol–water partition coefficient (Wildman–Crippen LogP) is 2.05. The second-order valence-corrected chi connectivity index (χ2v) is 6.30. The van der Waals surface area contributed by atoms with Crippen LogP contribution in [-0.2, 0) is 6.54 Å². The summed E-state index contributed by atoms with van der Waals surface area (Å²) in [5.74, 6) is 3.02. The van der Waals surface area contributed by atoms with Gasteiger partial charge in [0.1, 0.15) is 0 Å². The summed E-state index contributed by atoms with van der Waals surface area (Å²) in [6.45, 7) is 6.63. The fourth-order valence-electron chi connectivity index (χ4n) is 3.24. The zero-order chi connectivity index (χ0) is 16.2. The third kappa shape index (κ3) is 3.90. The van der Waals surface area contributed by atoms with Crippen LogP contribution in [0.15, 0.2) is 12.1 Å². The Hall–Kier alpha value is -1.46. The van der Waals surface area contributed by atoms with Gasteiger partial charge < -0.3 is 19.1 Å². The smallest absolute Gasteiger partial charge is 0.203 e. The average molecular weight is 319 g/mol. The van der Waals surface area contributed by atoms with Gasteiger partial charge in [0.15, 0.2) is 11.5 Å². The number of ether oxygens (including phenoxy) is 3. The van der Waals surface area contributed by atoms with Gasteiger partial charge in [-0.15, -0.1) is 0 Å². The zero-order valence-electron chi connectivity index (χ0n) is 14.4. The number of piperazine rings is 1. The van der Waals surface area contributed by atoms with Gasteiger partial charge in [-0.3, -0.25) is 4.90 Å². The van der Waals surface area contributed by atoms with Crippen LogP contribution in [0.2, 0.25) is 0 Å². The number of hydrogen-bond acceptors (Lipinski definition) is 5. The topological polar surface area (TPSA) is 34.2 Å². The fourth-order valence-corrected chi connectivity index (χ4v) is 3.24. The van der Waals surface area contributed by atoms with E-state index in [1.54, 1.807) is 21.3 Å². The van der Waals surface area contributed by atoms with E-state index in [1.165, 1.54) is 13.0 Å². The van der Waals surface area contributed by atoms with Crippen molar-refractivity contribution < 1.29 is 14.2 Å². The van der Waals surface area contributed by atoms with Crippen LogP contribution < -0.4 is 14.2 Å². The molecule has 5 nitrogen and oxygen atoms in total. The van der Waals surface area contributed by atoms with Crippen molar-refractivity contribution >= 4 is 0 Å². The molecule has 0 aromatic heterocycles. The SMILES string of the molecule is COc1ccc(CN2CCN(CC3[CH]C3)CC2)c(OC)c1OC. The van der Waals surface area contributed by atoms with Gasteiger partial charge in [0.25, 0.3) is 0 Å². The fraction of sp³-hybridized carbons (Fsp3) is 0.611. The molecule has 127 valence electrons. The maximum absolute atomic E-state index is 5.59. The van der Waals surface area contributed by atoms with E-state index in [0.717, 1.165) is 50.0 Å². The summed E-state index contributed by atoms with van der Waals surface area (Å²) in [7, 11) is 4.98. The first kappa shape index (κ1) is 16.4. The van der Waals surface area contributed by atoms with Crippen molar-refractivity contribution in [3.8, 4) is 17.2 Å². The Bertz CT molecular complexity index is 523. The summed E-state index contributed by atoms with van der Waals surface area (Å²) < 4.78 is 16.4. The second kappa shape index (κ2) is 7.41. The summed E-state index contributed by atoms with van der Waals surface area (Å²) >= 11 is 0. The van der Waals surface area contributed by atoms with E-state index in [0.29, 0.717) is 11.5 Å². The lowest BCUT2D eigenvalue weighted by atomic mass is 10.1. The standard InChI is InChI=1S/C18H27N2O3/c1-21-16-7-6-15(17(22-2)18(16)23-3)13-20-10-8-19(9-11-20)12-14-4-5-14/h4,6-7,14H,5,8-13H2,1-3H3. The van der Waals surface area contributed by atoms with Gasteiger partial charge in [0.05, 0.1) is 21.3 Å². The Labute approximate surface area is 139 Å². The van der Waals surface area contributed by atoms with Crippen LogP contribution in [0.4, 0.5) is 0 Å². The maximum atomic E-state index is 5.59. The van der Waals surface area contributed by atoms with E-state index in [1.807, 2.05) is 6.07 Å². The monoisotopic (exact) mass is 319 g/mol. The average Bonchev–Trinajstić information content (AvgIpc) is 3.40. The van der Waals surface area contributed by atoms with Gasteiger partial charge in [-0.1, -0.05) is 6.07 Å². The van der Waals surface area contributed by atoms with Crippen LogP contribution in [0.1, 0.15) is 12.0 Å². The van der Waals surface area contributed by atoms with Crippen molar-refractivity contribution in [1.82, 2.24) is 9.80 Å². The summed E-state index contributed by atoms with van der Waals surface area (Å²) in [5.41, 5.74) is 1.15. The molecule has 1 aromatic rings. The minimum Gasteiger partial charge on any atom is -0.493 e. The molecule has 1 saturated heterocycles. The highest BCUT2D eigenvalue weighted by Crippen LogP contribution is 2.40. The lowest BCUT2D eigenvalue weighted by molar-refractivity contribution is 0.123. The molecule has 0 bridgehead atoms. The summed E-state index contributed by atoms with van der Waals surface area (Å²) in [5, 5.41) is 0. The molecule has 1 aliphatic carbocycles. The third-order valence-electron chi connectivity index (χ3n) is 4.71. The highest BCUT2D eigenvalue weighted by atomic mass is 16.5. The predicted molar refractivity (Wildman–Crippen MR) is 90.2 cm³/mol. The maximum Gasteiger partial charge on any atom is 0.203 e. The summed E-state index contributed by atoms with van der Waals surface area (Å²) in [6, 6.07) is 4.03. The molecule has 2 fully saturated rings. The number of hydrogen-bond donors (Lipinski definition) is 0. The van der Waals surface area contributed by atoms with Crippen molar-refractivity contribution in [2.24, 2.45) is 5.92 Å². The molecule has 1 saturated carbocycles. The molecule has 5 heteroatoms. The molecule has 1 unspecified atom stereocenters. The van der Waals surface area contributed by atoms with Crippen molar-refractivity contribution in [3.05, 3.63) is 24.1 Å². The Morgan fingerprint density at radius 1 is 0.913 bits per heavy atom. The zero-order valence-corrected chi connectivity index (χ0v) is 14.4. The molecule has 1 radical (unpaired) electrons. The minimum absolute atomic E-state index is 0.676.